The van der Waals surface area contributed by atoms with Gasteiger partial charge in [0.2, 0.25) is 0 Å². The molecule has 0 aliphatic carbocycles. The average molecular weight is 461 g/mol. The number of aromatic amines is 1. The molecule has 3 rings (SSSR count). The van der Waals surface area contributed by atoms with E-state index >= 15 is 0 Å². The van der Waals surface area contributed by atoms with E-state index in [1.54, 1.807) is 7.11 Å². The number of rotatable bonds is 10. The van der Waals surface area contributed by atoms with Crippen LogP contribution in [0.1, 0.15) is 29.5 Å². The summed E-state index contributed by atoms with van der Waals surface area (Å²) in [4.78, 5) is 20.5. The number of nitrogens with zero attached hydrogens (tertiary/aromatic N) is 2. The van der Waals surface area contributed by atoms with E-state index in [4.69, 9.17) is 21.7 Å². The molecule has 2 heterocycles. The SMILES string of the molecule is COCCCNC(=S)N(CCCN1CCOCC1)Cc1cc2c(C)ccc(C)c2[nH]c1=O. The number of benzene rings is 1. The number of aromatic nitrogens is 1. The highest BCUT2D eigenvalue weighted by Crippen LogP contribution is 2.20. The number of hydrogen-bond acceptors (Lipinski definition) is 5. The van der Waals surface area contributed by atoms with Crippen LogP contribution in [0.25, 0.3) is 10.9 Å². The molecule has 8 heteroatoms. The third-order valence-corrected chi connectivity index (χ3v) is 6.38. The summed E-state index contributed by atoms with van der Waals surface area (Å²) in [6.45, 7) is 11.4. The number of H-pyrrole nitrogens is 1. The molecule has 0 atom stereocenters. The van der Waals surface area contributed by atoms with Gasteiger partial charge in [-0.25, -0.2) is 0 Å². The minimum Gasteiger partial charge on any atom is -0.385 e. The maximum atomic E-state index is 12.9. The molecule has 1 aliphatic heterocycles. The fourth-order valence-corrected chi connectivity index (χ4v) is 4.29. The quantitative estimate of drug-likeness (QED) is 0.417. The van der Waals surface area contributed by atoms with E-state index in [-0.39, 0.29) is 5.56 Å². The van der Waals surface area contributed by atoms with E-state index in [1.807, 2.05) is 19.1 Å². The van der Waals surface area contributed by atoms with Crippen LogP contribution in [-0.2, 0) is 16.0 Å². The molecule has 1 saturated heterocycles. The molecule has 0 saturated carbocycles. The van der Waals surface area contributed by atoms with Crippen LogP contribution in [0.15, 0.2) is 23.0 Å². The first-order chi connectivity index (χ1) is 15.5. The normalized spacial score (nSPS) is 14.6. The van der Waals surface area contributed by atoms with Crippen LogP contribution in [0.5, 0.6) is 0 Å². The Hall–Kier alpha value is -2.00. The fourth-order valence-electron chi connectivity index (χ4n) is 4.03. The summed E-state index contributed by atoms with van der Waals surface area (Å²) in [5.41, 5.74) is 3.83. The van der Waals surface area contributed by atoms with E-state index in [0.29, 0.717) is 18.3 Å². The average Bonchev–Trinajstić information content (AvgIpc) is 2.80. The van der Waals surface area contributed by atoms with E-state index in [0.717, 1.165) is 86.4 Å². The molecule has 0 spiro atoms. The van der Waals surface area contributed by atoms with Crippen molar-refractivity contribution in [2.45, 2.75) is 33.2 Å². The van der Waals surface area contributed by atoms with Gasteiger partial charge < -0.3 is 24.7 Å². The molecule has 1 aromatic heterocycles. The summed E-state index contributed by atoms with van der Waals surface area (Å²) < 4.78 is 10.6. The number of nitrogens with one attached hydrogen (secondary N) is 2. The van der Waals surface area contributed by atoms with Gasteiger partial charge in [0.15, 0.2) is 5.11 Å². The van der Waals surface area contributed by atoms with E-state index in [2.05, 4.69) is 33.1 Å². The van der Waals surface area contributed by atoms with Crippen molar-refractivity contribution in [3.63, 3.8) is 0 Å². The molecule has 7 nitrogen and oxygen atoms in total. The van der Waals surface area contributed by atoms with Crippen LogP contribution in [0, 0.1) is 13.8 Å². The maximum absolute atomic E-state index is 12.9. The molecule has 1 aromatic carbocycles. The van der Waals surface area contributed by atoms with Gasteiger partial charge >= 0.3 is 0 Å². The zero-order valence-corrected chi connectivity index (χ0v) is 20.4. The number of morpholine rings is 1. The first-order valence-corrected chi connectivity index (χ1v) is 11.8. The summed E-state index contributed by atoms with van der Waals surface area (Å²) in [5.74, 6) is 0. The van der Waals surface area contributed by atoms with Crippen molar-refractivity contribution in [1.29, 1.82) is 0 Å². The number of hydrogen-bond donors (Lipinski definition) is 2. The van der Waals surface area contributed by atoms with Crippen molar-refractivity contribution in [3.8, 4) is 0 Å². The second-order valence-corrected chi connectivity index (χ2v) is 8.81. The topological polar surface area (TPSA) is 69.8 Å². The third kappa shape index (κ3) is 6.75. The predicted octanol–water partition coefficient (Wildman–Crippen LogP) is 2.58. The van der Waals surface area contributed by atoms with Gasteiger partial charge in [-0.3, -0.25) is 9.69 Å². The Morgan fingerprint density at radius 2 is 2.00 bits per heavy atom. The second-order valence-electron chi connectivity index (χ2n) is 8.42. The molecule has 1 aliphatic rings. The number of fused-ring (bicyclic) bond motifs is 1. The Morgan fingerprint density at radius 1 is 1.25 bits per heavy atom. The maximum Gasteiger partial charge on any atom is 0.253 e. The Morgan fingerprint density at radius 3 is 2.75 bits per heavy atom. The summed E-state index contributed by atoms with van der Waals surface area (Å²) in [6.07, 6.45) is 1.86. The van der Waals surface area contributed by atoms with Gasteiger partial charge in [0, 0.05) is 57.4 Å². The van der Waals surface area contributed by atoms with Crippen LogP contribution in [-0.4, -0.2) is 79.6 Å². The van der Waals surface area contributed by atoms with Crippen LogP contribution >= 0.6 is 12.2 Å². The molecule has 0 bridgehead atoms. The molecule has 32 heavy (non-hydrogen) atoms. The Kier molecular flexibility index (Phi) is 9.47. The van der Waals surface area contributed by atoms with Crippen LogP contribution in [0.4, 0.5) is 0 Å². The minimum atomic E-state index is -0.0495. The van der Waals surface area contributed by atoms with Gasteiger partial charge in [-0.2, -0.15) is 0 Å². The van der Waals surface area contributed by atoms with Gasteiger partial charge in [0.25, 0.3) is 5.56 Å². The van der Waals surface area contributed by atoms with Crippen LogP contribution < -0.4 is 10.9 Å². The van der Waals surface area contributed by atoms with E-state index in [9.17, 15) is 4.79 Å². The van der Waals surface area contributed by atoms with E-state index < -0.39 is 0 Å². The third-order valence-electron chi connectivity index (χ3n) is 5.98. The smallest absolute Gasteiger partial charge is 0.253 e. The van der Waals surface area contributed by atoms with E-state index in [1.165, 1.54) is 0 Å². The minimum absolute atomic E-state index is 0.0495. The molecule has 1 fully saturated rings. The Bertz CT molecular complexity index is 956. The first kappa shape index (κ1) is 24.6. The monoisotopic (exact) mass is 460 g/mol. The highest BCUT2D eigenvalue weighted by Gasteiger charge is 2.16. The standard InChI is InChI=1S/C24H36N4O3S/c1-18-6-7-19(2)22-21(18)16-20(23(29)26-22)17-28(24(32)25-8-4-13-30-3)10-5-9-27-11-14-31-15-12-27/h6-7,16H,4-5,8-15,17H2,1-3H3,(H,25,32)(H,26,29). The molecule has 176 valence electrons. The highest BCUT2D eigenvalue weighted by atomic mass is 32.1. The second kappa shape index (κ2) is 12.3. The lowest BCUT2D eigenvalue weighted by Gasteiger charge is -2.29. The molecule has 2 aromatic rings. The fraction of sp³-hybridized carbons (Fsp3) is 0.583. The van der Waals surface area contributed by atoms with Crippen molar-refractivity contribution in [2.24, 2.45) is 0 Å². The molecule has 2 N–H and O–H groups in total. The number of pyridine rings is 1. The van der Waals surface area contributed by atoms with Gasteiger partial charge in [0.1, 0.15) is 0 Å². The summed E-state index contributed by atoms with van der Waals surface area (Å²) in [5, 5.41) is 5.11. The number of methoxy groups -OCH3 is 1. The Balaban J connectivity index is 1.73. The highest BCUT2D eigenvalue weighted by molar-refractivity contribution is 7.80. The largest absolute Gasteiger partial charge is 0.385 e. The van der Waals surface area contributed by atoms with Crippen molar-refractivity contribution in [1.82, 2.24) is 20.1 Å². The lowest BCUT2D eigenvalue weighted by atomic mass is 10.0. The van der Waals surface area contributed by atoms with Crippen molar-refractivity contribution < 1.29 is 9.47 Å². The molecular formula is C24H36N4O3S. The first-order valence-electron chi connectivity index (χ1n) is 11.4. The Labute approximate surface area is 196 Å². The molecule has 0 radical (unpaired) electrons. The van der Waals surface area contributed by atoms with Crippen molar-refractivity contribution in [2.75, 3.05) is 59.7 Å². The van der Waals surface area contributed by atoms with Gasteiger partial charge in [-0.15, -0.1) is 0 Å². The number of ether oxygens (including phenoxy) is 2. The molecule has 0 unspecified atom stereocenters. The molecular weight excluding hydrogens is 424 g/mol. The summed E-state index contributed by atoms with van der Waals surface area (Å²) in [6, 6.07) is 6.17. The predicted molar refractivity (Wildman–Crippen MR) is 133 cm³/mol. The summed E-state index contributed by atoms with van der Waals surface area (Å²) in [7, 11) is 1.70. The van der Waals surface area contributed by atoms with Crippen molar-refractivity contribution >= 4 is 28.2 Å². The van der Waals surface area contributed by atoms with Gasteiger partial charge in [-0.05, 0) is 56.1 Å². The van der Waals surface area contributed by atoms with Crippen molar-refractivity contribution in [3.05, 3.63) is 45.2 Å². The lowest BCUT2D eigenvalue weighted by Crippen LogP contribution is -2.43. The zero-order chi connectivity index (χ0) is 22.9. The lowest BCUT2D eigenvalue weighted by molar-refractivity contribution is 0.0367. The van der Waals surface area contributed by atoms with Gasteiger partial charge in [-0.1, -0.05) is 12.1 Å². The van der Waals surface area contributed by atoms with Crippen LogP contribution in [0.3, 0.4) is 0 Å². The van der Waals surface area contributed by atoms with Crippen LogP contribution in [0.2, 0.25) is 0 Å². The van der Waals surface area contributed by atoms with Gasteiger partial charge in [0.05, 0.1) is 25.3 Å². The molecule has 0 amide bonds. The summed E-state index contributed by atoms with van der Waals surface area (Å²) >= 11 is 5.71. The zero-order valence-electron chi connectivity index (χ0n) is 19.5. The number of thiocarbonyl (C=S) groups is 1. The number of aryl methyl sites for hydroxylation is 2.